The van der Waals surface area contributed by atoms with Crippen LogP contribution in [0.3, 0.4) is 0 Å². The van der Waals surface area contributed by atoms with Gasteiger partial charge in [-0.1, -0.05) is 24.1 Å². The Kier molecular flexibility index (Phi) is 5.02. The van der Waals surface area contributed by atoms with Crippen LogP contribution >= 0.6 is 22.9 Å². The molecule has 1 N–H and O–H groups in total. The number of fused-ring (bicyclic) bond motifs is 3. The van der Waals surface area contributed by atoms with Crippen LogP contribution in [0.4, 0.5) is 5.69 Å². The van der Waals surface area contributed by atoms with Crippen LogP contribution in [-0.4, -0.2) is 15.5 Å². The first-order valence-corrected chi connectivity index (χ1v) is 10.3. The van der Waals surface area contributed by atoms with Gasteiger partial charge in [-0.05, 0) is 55.9 Å². The summed E-state index contributed by atoms with van der Waals surface area (Å²) in [7, 11) is 0. The number of hydrogen-bond acceptors (Lipinski definition) is 4. The number of carbonyl (C=O) groups excluding carboxylic acids is 1. The van der Waals surface area contributed by atoms with Gasteiger partial charge in [-0.3, -0.25) is 14.2 Å². The lowest BCUT2D eigenvalue weighted by Crippen LogP contribution is -2.28. The standard InChI is InChI=1S/C20H20ClN3O2S/c1-12-7-8-15(14(21)9-12)23-17(25)10-24-11-22-19-18(20(24)26)13-5-3-2-4-6-16(13)27-19/h7-9,11H,2-6,10H2,1H3,(H,23,25). The molecule has 0 saturated heterocycles. The molecule has 0 fully saturated rings. The smallest absolute Gasteiger partial charge is 0.262 e. The van der Waals surface area contributed by atoms with Gasteiger partial charge in [-0.15, -0.1) is 11.3 Å². The Morgan fingerprint density at radius 2 is 2.11 bits per heavy atom. The van der Waals surface area contributed by atoms with Gasteiger partial charge in [0.15, 0.2) is 0 Å². The Morgan fingerprint density at radius 1 is 1.30 bits per heavy atom. The Bertz CT molecular complexity index is 1090. The van der Waals surface area contributed by atoms with E-state index in [9.17, 15) is 9.59 Å². The summed E-state index contributed by atoms with van der Waals surface area (Å²) >= 11 is 7.79. The van der Waals surface area contributed by atoms with Crippen LogP contribution in [0.1, 0.15) is 35.3 Å². The van der Waals surface area contributed by atoms with Gasteiger partial charge in [-0.2, -0.15) is 0 Å². The third-order valence-corrected chi connectivity index (χ3v) is 6.42. The van der Waals surface area contributed by atoms with Crippen LogP contribution in [0.2, 0.25) is 5.02 Å². The van der Waals surface area contributed by atoms with E-state index in [1.54, 1.807) is 23.5 Å². The van der Waals surface area contributed by atoms with Gasteiger partial charge >= 0.3 is 0 Å². The Morgan fingerprint density at radius 3 is 2.93 bits per heavy atom. The maximum absolute atomic E-state index is 13.0. The van der Waals surface area contributed by atoms with E-state index in [1.807, 2.05) is 13.0 Å². The van der Waals surface area contributed by atoms with Crippen LogP contribution in [0.15, 0.2) is 29.3 Å². The monoisotopic (exact) mass is 401 g/mol. The Hall–Kier alpha value is -2.18. The molecule has 0 radical (unpaired) electrons. The summed E-state index contributed by atoms with van der Waals surface area (Å²) in [5, 5.41) is 3.95. The topological polar surface area (TPSA) is 64.0 Å². The van der Waals surface area contributed by atoms with Crippen molar-refractivity contribution in [1.29, 1.82) is 0 Å². The third kappa shape index (κ3) is 3.64. The van der Waals surface area contributed by atoms with E-state index in [0.717, 1.165) is 41.6 Å². The van der Waals surface area contributed by atoms with Crippen molar-refractivity contribution in [2.45, 2.75) is 45.6 Å². The van der Waals surface area contributed by atoms with Crippen LogP contribution in [0.5, 0.6) is 0 Å². The quantitative estimate of drug-likeness (QED) is 0.664. The zero-order chi connectivity index (χ0) is 19.0. The number of thiophene rings is 1. The molecular formula is C20H20ClN3O2S. The van der Waals surface area contributed by atoms with Crippen molar-refractivity contribution < 1.29 is 4.79 Å². The van der Waals surface area contributed by atoms with Gasteiger partial charge in [0, 0.05) is 4.88 Å². The number of nitrogens with zero attached hydrogens (tertiary/aromatic N) is 2. The second-order valence-electron chi connectivity index (χ2n) is 6.95. The van der Waals surface area contributed by atoms with Crippen molar-refractivity contribution in [3.05, 3.63) is 55.9 Å². The Labute approximate surface area is 166 Å². The molecule has 1 amide bonds. The van der Waals surface area contributed by atoms with Crippen molar-refractivity contribution in [1.82, 2.24) is 9.55 Å². The molecule has 1 aliphatic rings. The summed E-state index contributed by atoms with van der Waals surface area (Å²) in [5.41, 5.74) is 2.56. The summed E-state index contributed by atoms with van der Waals surface area (Å²) < 4.78 is 1.39. The number of carbonyl (C=O) groups is 1. The van der Waals surface area contributed by atoms with Gasteiger partial charge < -0.3 is 5.32 Å². The number of amides is 1. The predicted octanol–water partition coefficient (Wildman–Crippen LogP) is 4.33. The average molecular weight is 402 g/mol. The van der Waals surface area contributed by atoms with Crippen LogP contribution in [-0.2, 0) is 24.2 Å². The molecule has 140 valence electrons. The maximum Gasteiger partial charge on any atom is 0.262 e. The van der Waals surface area contributed by atoms with Crippen molar-refractivity contribution in [3.63, 3.8) is 0 Å². The van der Waals surface area contributed by atoms with Crippen LogP contribution in [0.25, 0.3) is 10.2 Å². The number of halogens is 1. The SMILES string of the molecule is Cc1ccc(NC(=O)Cn2cnc3sc4c(c3c2=O)CCCCC4)c(Cl)c1. The molecule has 0 saturated carbocycles. The largest absolute Gasteiger partial charge is 0.323 e. The fourth-order valence-electron chi connectivity index (χ4n) is 3.54. The molecule has 0 aliphatic heterocycles. The molecule has 7 heteroatoms. The minimum atomic E-state index is -0.301. The maximum atomic E-state index is 13.0. The van der Waals surface area contributed by atoms with E-state index in [-0.39, 0.29) is 18.0 Å². The number of benzene rings is 1. The summed E-state index contributed by atoms with van der Waals surface area (Å²) in [5.74, 6) is -0.301. The molecule has 2 aromatic heterocycles. The van der Waals surface area contributed by atoms with Gasteiger partial charge in [0.1, 0.15) is 11.4 Å². The minimum Gasteiger partial charge on any atom is -0.323 e. The summed E-state index contributed by atoms with van der Waals surface area (Å²) in [6.07, 6.45) is 6.85. The predicted molar refractivity (Wildman–Crippen MR) is 110 cm³/mol. The van der Waals surface area contributed by atoms with E-state index in [2.05, 4.69) is 10.3 Å². The molecular weight excluding hydrogens is 382 g/mol. The van der Waals surface area contributed by atoms with Crippen molar-refractivity contribution >= 4 is 44.7 Å². The van der Waals surface area contributed by atoms with Gasteiger partial charge in [0.25, 0.3) is 5.56 Å². The molecule has 1 aliphatic carbocycles. The molecule has 0 atom stereocenters. The van der Waals surface area contributed by atoms with E-state index in [4.69, 9.17) is 11.6 Å². The second kappa shape index (κ2) is 7.44. The first kappa shape index (κ1) is 18.2. The van der Waals surface area contributed by atoms with E-state index >= 15 is 0 Å². The molecule has 27 heavy (non-hydrogen) atoms. The molecule has 0 unspecified atom stereocenters. The highest BCUT2D eigenvalue weighted by Gasteiger charge is 2.19. The highest BCUT2D eigenvalue weighted by Crippen LogP contribution is 2.32. The van der Waals surface area contributed by atoms with Crippen LogP contribution < -0.4 is 10.9 Å². The zero-order valence-corrected chi connectivity index (χ0v) is 16.6. The highest BCUT2D eigenvalue weighted by molar-refractivity contribution is 7.18. The van der Waals surface area contributed by atoms with Gasteiger partial charge in [0.2, 0.25) is 5.91 Å². The minimum absolute atomic E-state index is 0.0867. The fraction of sp³-hybridized carbons (Fsp3) is 0.350. The van der Waals surface area contributed by atoms with Crippen molar-refractivity contribution in [3.8, 4) is 0 Å². The first-order valence-electron chi connectivity index (χ1n) is 9.08. The number of aryl methyl sites for hydroxylation is 3. The molecule has 5 nitrogen and oxygen atoms in total. The molecule has 1 aromatic carbocycles. The number of anilines is 1. The first-order chi connectivity index (χ1) is 13.0. The normalized spacial score (nSPS) is 14.0. The lowest BCUT2D eigenvalue weighted by atomic mass is 10.1. The van der Waals surface area contributed by atoms with Crippen molar-refractivity contribution in [2.24, 2.45) is 0 Å². The molecule has 4 rings (SSSR count). The number of hydrogen-bond donors (Lipinski definition) is 1. The highest BCUT2D eigenvalue weighted by atomic mass is 35.5. The van der Waals surface area contributed by atoms with Gasteiger partial charge in [0.05, 0.1) is 22.4 Å². The average Bonchev–Trinajstić information content (AvgIpc) is 2.82. The molecule has 0 spiro atoms. The lowest BCUT2D eigenvalue weighted by Gasteiger charge is -2.09. The van der Waals surface area contributed by atoms with Crippen LogP contribution in [0, 0.1) is 6.92 Å². The summed E-state index contributed by atoms with van der Waals surface area (Å²) in [6.45, 7) is 1.85. The van der Waals surface area contributed by atoms with Gasteiger partial charge in [-0.25, -0.2) is 4.98 Å². The number of nitrogens with one attached hydrogen (secondary N) is 1. The third-order valence-electron chi connectivity index (χ3n) is 4.90. The molecule has 0 bridgehead atoms. The number of rotatable bonds is 3. The Balaban J connectivity index is 1.62. The number of aromatic nitrogens is 2. The van der Waals surface area contributed by atoms with E-state index in [1.165, 1.54) is 22.2 Å². The van der Waals surface area contributed by atoms with Crippen molar-refractivity contribution in [2.75, 3.05) is 5.32 Å². The molecule has 3 aromatic rings. The fourth-order valence-corrected chi connectivity index (χ4v) is 5.04. The van der Waals surface area contributed by atoms with E-state index in [0.29, 0.717) is 16.1 Å². The second-order valence-corrected chi connectivity index (χ2v) is 8.44. The molecule has 2 heterocycles. The van der Waals surface area contributed by atoms with E-state index < -0.39 is 0 Å². The summed E-state index contributed by atoms with van der Waals surface area (Å²) in [4.78, 5) is 31.9. The summed E-state index contributed by atoms with van der Waals surface area (Å²) in [6, 6.07) is 5.43. The zero-order valence-electron chi connectivity index (χ0n) is 15.0. The lowest BCUT2D eigenvalue weighted by molar-refractivity contribution is -0.116.